The van der Waals surface area contributed by atoms with Gasteiger partial charge in [0.2, 0.25) is 0 Å². The van der Waals surface area contributed by atoms with Crippen LogP contribution in [0.5, 0.6) is 0 Å². The number of halogens is 2. The Bertz CT molecular complexity index is 1590. The van der Waals surface area contributed by atoms with Crippen molar-refractivity contribution in [2.75, 3.05) is 5.32 Å². The third-order valence-corrected chi connectivity index (χ3v) is 5.88. The molecule has 1 N–H and O–H groups in total. The van der Waals surface area contributed by atoms with Gasteiger partial charge in [-0.1, -0.05) is 28.1 Å². The number of rotatable bonds is 3. The number of fused-ring (bicyclic) bond motifs is 2. The standard InChI is InChI=1S/C22H13Br2N5O3/c1-11-26-27-19-6-5-18(28-29(11)19)12-3-2-4-15(8-12)25-21(30)16-9-13-7-14(23)10-17(24)20(13)32-22(16)31/h2-10H,1H3,(H,25,30). The summed E-state index contributed by atoms with van der Waals surface area (Å²) in [7, 11) is 0. The van der Waals surface area contributed by atoms with Crippen LogP contribution in [0.3, 0.4) is 0 Å². The molecule has 8 nitrogen and oxygen atoms in total. The lowest BCUT2D eigenvalue weighted by molar-refractivity contribution is 0.102. The summed E-state index contributed by atoms with van der Waals surface area (Å²) in [5.74, 6) is 0.111. The Morgan fingerprint density at radius 3 is 2.75 bits per heavy atom. The first-order valence-electron chi connectivity index (χ1n) is 9.43. The van der Waals surface area contributed by atoms with Crippen molar-refractivity contribution < 1.29 is 9.21 Å². The highest BCUT2D eigenvalue weighted by Gasteiger charge is 2.16. The minimum atomic E-state index is -0.718. The average molecular weight is 555 g/mol. The van der Waals surface area contributed by atoms with Crippen molar-refractivity contribution in [3.63, 3.8) is 0 Å². The van der Waals surface area contributed by atoms with Crippen molar-refractivity contribution in [3.05, 3.63) is 85.4 Å². The Morgan fingerprint density at radius 2 is 1.91 bits per heavy atom. The summed E-state index contributed by atoms with van der Waals surface area (Å²) in [5.41, 5.74) is 2.22. The number of hydrogen-bond donors (Lipinski definition) is 1. The predicted molar refractivity (Wildman–Crippen MR) is 127 cm³/mol. The Hall–Kier alpha value is -3.37. The molecule has 3 heterocycles. The first kappa shape index (κ1) is 20.5. The summed E-state index contributed by atoms with van der Waals surface area (Å²) in [6.07, 6.45) is 0. The normalized spacial score (nSPS) is 11.2. The molecule has 10 heteroatoms. The third kappa shape index (κ3) is 3.71. The SMILES string of the molecule is Cc1nnc2ccc(-c3cccc(NC(=O)c4cc5cc(Br)cc(Br)c5oc4=O)c3)nn12. The van der Waals surface area contributed by atoms with Crippen molar-refractivity contribution in [2.24, 2.45) is 0 Å². The molecule has 0 aliphatic heterocycles. The minimum Gasteiger partial charge on any atom is -0.421 e. The topological polar surface area (TPSA) is 102 Å². The molecule has 0 radical (unpaired) electrons. The van der Waals surface area contributed by atoms with E-state index in [2.05, 4.69) is 52.5 Å². The van der Waals surface area contributed by atoms with Crippen molar-refractivity contribution in [1.29, 1.82) is 0 Å². The van der Waals surface area contributed by atoms with E-state index in [1.54, 1.807) is 34.8 Å². The van der Waals surface area contributed by atoms with Gasteiger partial charge >= 0.3 is 5.63 Å². The van der Waals surface area contributed by atoms with Gasteiger partial charge in [0.15, 0.2) is 17.1 Å². The zero-order chi connectivity index (χ0) is 22.4. The van der Waals surface area contributed by atoms with Gasteiger partial charge in [-0.3, -0.25) is 4.79 Å². The highest BCUT2D eigenvalue weighted by molar-refractivity contribution is 9.11. The summed E-state index contributed by atoms with van der Waals surface area (Å²) >= 11 is 6.76. The quantitative estimate of drug-likeness (QED) is 0.315. The number of carbonyl (C=O) groups is 1. The molecule has 5 rings (SSSR count). The van der Waals surface area contributed by atoms with E-state index in [1.807, 2.05) is 25.1 Å². The van der Waals surface area contributed by atoms with Gasteiger partial charge in [0.1, 0.15) is 5.56 Å². The number of aryl methyl sites for hydroxylation is 1. The third-order valence-electron chi connectivity index (χ3n) is 4.83. The monoisotopic (exact) mass is 553 g/mol. The molecule has 1 amide bonds. The number of anilines is 1. The van der Waals surface area contributed by atoms with E-state index in [0.717, 1.165) is 10.0 Å². The van der Waals surface area contributed by atoms with E-state index in [0.29, 0.717) is 38.3 Å². The van der Waals surface area contributed by atoms with E-state index in [1.165, 1.54) is 6.07 Å². The summed E-state index contributed by atoms with van der Waals surface area (Å²) in [5, 5.41) is 16.0. The lowest BCUT2D eigenvalue weighted by atomic mass is 10.1. The molecular formula is C22H13Br2N5O3. The number of benzene rings is 2. The van der Waals surface area contributed by atoms with Gasteiger partial charge in [-0.2, -0.15) is 9.61 Å². The maximum atomic E-state index is 12.9. The molecule has 0 aliphatic carbocycles. The molecule has 0 saturated heterocycles. The molecule has 0 fully saturated rings. The van der Waals surface area contributed by atoms with Crippen molar-refractivity contribution >= 4 is 60.1 Å². The number of carbonyl (C=O) groups excluding carboxylic acids is 1. The van der Waals surface area contributed by atoms with E-state index < -0.39 is 11.5 Å². The molecule has 0 bridgehead atoms. The number of nitrogens with one attached hydrogen (secondary N) is 1. The van der Waals surface area contributed by atoms with Crippen LogP contribution in [0.4, 0.5) is 5.69 Å². The zero-order valence-corrected chi connectivity index (χ0v) is 19.6. The predicted octanol–water partition coefficient (Wildman–Crippen LogP) is 4.98. The molecule has 3 aromatic heterocycles. The van der Waals surface area contributed by atoms with E-state index in [-0.39, 0.29) is 5.56 Å². The molecule has 32 heavy (non-hydrogen) atoms. The maximum absolute atomic E-state index is 12.9. The van der Waals surface area contributed by atoms with Gasteiger partial charge in [-0.05, 0) is 65.3 Å². The second-order valence-electron chi connectivity index (χ2n) is 7.02. The lowest BCUT2D eigenvalue weighted by Crippen LogP contribution is -2.20. The van der Waals surface area contributed by atoms with Gasteiger partial charge in [-0.25, -0.2) is 4.79 Å². The molecule has 0 saturated carbocycles. The molecule has 0 atom stereocenters. The molecule has 0 spiro atoms. The largest absolute Gasteiger partial charge is 0.421 e. The van der Waals surface area contributed by atoms with Crippen molar-refractivity contribution in [1.82, 2.24) is 19.8 Å². The van der Waals surface area contributed by atoms with Gasteiger partial charge in [0.25, 0.3) is 5.91 Å². The van der Waals surface area contributed by atoms with E-state index in [9.17, 15) is 9.59 Å². The Balaban J connectivity index is 1.48. The van der Waals surface area contributed by atoms with Crippen LogP contribution in [0.25, 0.3) is 27.9 Å². The van der Waals surface area contributed by atoms with Crippen molar-refractivity contribution in [3.8, 4) is 11.3 Å². The van der Waals surface area contributed by atoms with Crippen LogP contribution in [0.1, 0.15) is 16.2 Å². The zero-order valence-electron chi connectivity index (χ0n) is 16.5. The van der Waals surface area contributed by atoms with E-state index in [4.69, 9.17) is 4.42 Å². The molecule has 5 aromatic rings. The van der Waals surface area contributed by atoms with Crippen LogP contribution in [-0.2, 0) is 0 Å². The first-order chi connectivity index (χ1) is 15.4. The van der Waals surface area contributed by atoms with Crippen LogP contribution in [0.15, 0.2) is 72.8 Å². The van der Waals surface area contributed by atoms with Crippen LogP contribution >= 0.6 is 31.9 Å². The number of amides is 1. The van der Waals surface area contributed by atoms with Crippen LogP contribution in [0, 0.1) is 6.92 Å². The highest BCUT2D eigenvalue weighted by Crippen LogP contribution is 2.28. The summed E-state index contributed by atoms with van der Waals surface area (Å²) in [6, 6.07) is 15.9. The number of nitrogens with zero attached hydrogens (tertiary/aromatic N) is 4. The second-order valence-corrected chi connectivity index (χ2v) is 8.79. The molecule has 158 valence electrons. The maximum Gasteiger partial charge on any atom is 0.349 e. The van der Waals surface area contributed by atoms with Crippen LogP contribution in [0.2, 0.25) is 0 Å². The highest BCUT2D eigenvalue weighted by atomic mass is 79.9. The smallest absolute Gasteiger partial charge is 0.349 e. The van der Waals surface area contributed by atoms with Gasteiger partial charge < -0.3 is 9.73 Å². The molecule has 2 aromatic carbocycles. The Labute approximate surface area is 197 Å². The van der Waals surface area contributed by atoms with Gasteiger partial charge in [0, 0.05) is 21.1 Å². The summed E-state index contributed by atoms with van der Waals surface area (Å²) < 4.78 is 8.42. The lowest BCUT2D eigenvalue weighted by Gasteiger charge is -2.08. The van der Waals surface area contributed by atoms with Crippen molar-refractivity contribution in [2.45, 2.75) is 6.92 Å². The minimum absolute atomic E-state index is 0.0902. The molecule has 0 aliphatic rings. The fraction of sp³-hybridized carbons (Fsp3) is 0.0455. The summed E-state index contributed by atoms with van der Waals surface area (Å²) in [6.45, 7) is 1.82. The molecule has 0 unspecified atom stereocenters. The van der Waals surface area contributed by atoms with Gasteiger partial charge in [-0.15, -0.1) is 10.2 Å². The van der Waals surface area contributed by atoms with E-state index >= 15 is 0 Å². The molecular weight excluding hydrogens is 542 g/mol. The summed E-state index contributed by atoms with van der Waals surface area (Å²) in [4.78, 5) is 25.3. The fourth-order valence-corrected chi connectivity index (χ4v) is 4.66. The van der Waals surface area contributed by atoms with Crippen LogP contribution < -0.4 is 10.9 Å². The number of hydrogen-bond acceptors (Lipinski definition) is 6. The average Bonchev–Trinajstić information content (AvgIpc) is 3.14. The fourth-order valence-electron chi connectivity index (χ4n) is 3.32. The second kappa shape index (κ2) is 7.95. The van der Waals surface area contributed by atoms with Gasteiger partial charge in [0.05, 0.1) is 10.2 Å². The van der Waals surface area contributed by atoms with Crippen LogP contribution in [-0.4, -0.2) is 25.7 Å². The Morgan fingerprint density at radius 1 is 1.06 bits per heavy atom. The Kier molecular flexibility index (Phi) is 5.10. The first-order valence-corrected chi connectivity index (χ1v) is 11.0. The number of aromatic nitrogens is 4.